The third-order valence-corrected chi connectivity index (χ3v) is 3.45. The van der Waals surface area contributed by atoms with Gasteiger partial charge in [-0.25, -0.2) is 8.42 Å². The molecule has 8 heteroatoms. The lowest BCUT2D eigenvalue weighted by atomic mass is 10.4. The van der Waals surface area contributed by atoms with E-state index < -0.39 is 22.0 Å². The van der Waals surface area contributed by atoms with E-state index >= 15 is 0 Å². The number of anilines is 1. The molecule has 0 saturated heterocycles. The van der Waals surface area contributed by atoms with Gasteiger partial charge in [-0.1, -0.05) is 0 Å². The Hall–Kier alpha value is -1.67. The highest BCUT2D eigenvalue weighted by atomic mass is 32.2. The summed E-state index contributed by atoms with van der Waals surface area (Å²) in [7, 11) is -3.87. The van der Waals surface area contributed by atoms with E-state index in [0.717, 1.165) is 6.20 Å². The van der Waals surface area contributed by atoms with Crippen molar-refractivity contribution in [2.45, 2.75) is 17.9 Å². The summed E-state index contributed by atoms with van der Waals surface area (Å²) in [5.41, 5.74) is 10.5. The van der Waals surface area contributed by atoms with Gasteiger partial charge in [-0.3, -0.25) is 9.78 Å². The van der Waals surface area contributed by atoms with Gasteiger partial charge < -0.3 is 11.5 Å². The standard InChI is InChI=1S/C8H12N4O3S/c1-5(8(10)13)12-16(14,15)7-4-11-3-2-6(7)9/h2-5,12H,1H3,(H2,9,11)(H2,10,13). The number of nitrogen functional groups attached to an aromatic ring is 1. The average molecular weight is 244 g/mol. The predicted molar refractivity (Wildman–Crippen MR) is 57.6 cm³/mol. The number of nitrogens with zero attached hydrogens (tertiary/aromatic N) is 1. The first-order valence-corrected chi connectivity index (χ1v) is 5.84. The summed E-state index contributed by atoms with van der Waals surface area (Å²) in [5.74, 6) is -0.772. The molecule has 0 radical (unpaired) electrons. The van der Waals surface area contributed by atoms with Gasteiger partial charge in [0.2, 0.25) is 15.9 Å². The molecule has 0 aliphatic heterocycles. The summed E-state index contributed by atoms with van der Waals surface area (Å²) >= 11 is 0. The van der Waals surface area contributed by atoms with Crippen molar-refractivity contribution in [1.29, 1.82) is 0 Å². The molecule has 16 heavy (non-hydrogen) atoms. The molecule has 1 amide bonds. The Labute approximate surface area is 92.9 Å². The summed E-state index contributed by atoms with van der Waals surface area (Å²) in [6.07, 6.45) is 2.47. The molecule has 1 aromatic rings. The molecule has 1 aromatic heterocycles. The van der Waals surface area contributed by atoms with Crippen molar-refractivity contribution in [2.75, 3.05) is 5.73 Å². The molecule has 5 N–H and O–H groups in total. The molecule has 1 atom stereocenters. The zero-order chi connectivity index (χ0) is 12.3. The van der Waals surface area contributed by atoms with Gasteiger partial charge >= 0.3 is 0 Å². The van der Waals surface area contributed by atoms with Crippen LogP contribution < -0.4 is 16.2 Å². The Bertz CT molecular complexity index is 500. The summed E-state index contributed by atoms with van der Waals surface area (Å²) in [4.78, 5) is 14.2. The first kappa shape index (κ1) is 12.4. The molecule has 1 heterocycles. The Morgan fingerprint density at radius 3 is 2.69 bits per heavy atom. The molecule has 0 fully saturated rings. The lowest BCUT2D eigenvalue weighted by Gasteiger charge is -2.11. The minimum absolute atomic E-state index is 0.0548. The molecule has 1 rings (SSSR count). The number of sulfonamides is 1. The van der Waals surface area contributed by atoms with Crippen LogP contribution in [0.25, 0.3) is 0 Å². The Kier molecular flexibility index (Phi) is 3.45. The molecular formula is C8H12N4O3S. The van der Waals surface area contributed by atoms with E-state index in [4.69, 9.17) is 11.5 Å². The van der Waals surface area contributed by atoms with Crippen LogP contribution in [0.2, 0.25) is 0 Å². The van der Waals surface area contributed by atoms with E-state index in [-0.39, 0.29) is 10.6 Å². The highest BCUT2D eigenvalue weighted by molar-refractivity contribution is 7.89. The van der Waals surface area contributed by atoms with Crippen molar-refractivity contribution in [1.82, 2.24) is 9.71 Å². The number of primary amides is 1. The fraction of sp³-hybridized carbons (Fsp3) is 0.250. The molecule has 7 nitrogen and oxygen atoms in total. The fourth-order valence-electron chi connectivity index (χ4n) is 0.970. The van der Waals surface area contributed by atoms with E-state index in [1.54, 1.807) is 0 Å². The van der Waals surface area contributed by atoms with Gasteiger partial charge in [0.05, 0.1) is 11.7 Å². The smallest absolute Gasteiger partial charge is 0.244 e. The van der Waals surface area contributed by atoms with Gasteiger partial charge in [0.25, 0.3) is 0 Å². The molecule has 0 aliphatic carbocycles. The Balaban J connectivity index is 3.04. The molecule has 88 valence electrons. The van der Waals surface area contributed by atoms with Crippen LogP contribution in [0, 0.1) is 0 Å². The lowest BCUT2D eigenvalue weighted by molar-refractivity contribution is -0.119. The van der Waals surface area contributed by atoms with Crippen molar-refractivity contribution in [2.24, 2.45) is 5.73 Å². The molecule has 0 bridgehead atoms. The fourth-order valence-corrected chi connectivity index (χ4v) is 2.26. The van der Waals surface area contributed by atoms with Gasteiger partial charge in [0.15, 0.2) is 0 Å². The zero-order valence-electron chi connectivity index (χ0n) is 8.54. The zero-order valence-corrected chi connectivity index (χ0v) is 9.36. The highest BCUT2D eigenvalue weighted by Gasteiger charge is 2.22. The van der Waals surface area contributed by atoms with Gasteiger partial charge in [-0.15, -0.1) is 0 Å². The molecular weight excluding hydrogens is 232 g/mol. The Morgan fingerprint density at radius 2 is 2.19 bits per heavy atom. The SMILES string of the molecule is CC(NS(=O)(=O)c1cnccc1N)C(N)=O. The number of rotatable bonds is 4. The maximum Gasteiger partial charge on any atom is 0.244 e. The van der Waals surface area contributed by atoms with Crippen molar-refractivity contribution in [3.05, 3.63) is 18.5 Å². The summed E-state index contributed by atoms with van der Waals surface area (Å²) < 4.78 is 25.5. The summed E-state index contributed by atoms with van der Waals surface area (Å²) in [6, 6.07) is 0.341. The minimum atomic E-state index is -3.87. The van der Waals surface area contributed by atoms with Crippen LogP contribution in [0.3, 0.4) is 0 Å². The topological polar surface area (TPSA) is 128 Å². The summed E-state index contributed by atoms with van der Waals surface area (Å²) in [6.45, 7) is 1.34. The number of amides is 1. The molecule has 0 saturated carbocycles. The van der Waals surface area contributed by atoms with Crippen LogP contribution in [0.5, 0.6) is 0 Å². The van der Waals surface area contributed by atoms with E-state index in [1.165, 1.54) is 19.2 Å². The number of carbonyl (C=O) groups is 1. The van der Waals surface area contributed by atoms with Crippen molar-refractivity contribution >= 4 is 21.6 Å². The number of aromatic nitrogens is 1. The van der Waals surface area contributed by atoms with Crippen LogP contribution in [-0.2, 0) is 14.8 Å². The third-order valence-electron chi connectivity index (χ3n) is 1.86. The first-order valence-electron chi connectivity index (χ1n) is 4.35. The van der Waals surface area contributed by atoms with Crippen molar-refractivity contribution in [3.63, 3.8) is 0 Å². The highest BCUT2D eigenvalue weighted by Crippen LogP contribution is 2.15. The number of pyridine rings is 1. The number of nitrogens with two attached hydrogens (primary N) is 2. The molecule has 0 aromatic carbocycles. The number of hydrogen-bond acceptors (Lipinski definition) is 5. The summed E-state index contributed by atoms with van der Waals surface area (Å²) in [5, 5.41) is 0. The minimum Gasteiger partial charge on any atom is -0.398 e. The maximum atomic E-state index is 11.7. The van der Waals surface area contributed by atoms with Crippen LogP contribution in [0.1, 0.15) is 6.92 Å². The average Bonchev–Trinajstić information content (AvgIpc) is 2.17. The molecule has 1 unspecified atom stereocenters. The van der Waals surface area contributed by atoms with Crippen LogP contribution in [0.4, 0.5) is 5.69 Å². The number of nitrogens with one attached hydrogen (secondary N) is 1. The number of carbonyl (C=O) groups excluding carboxylic acids is 1. The Morgan fingerprint density at radius 1 is 1.56 bits per heavy atom. The van der Waals surface area contributed by atoms with E-state index in [2.05, 4.69) is 9.71 Å². The van der Waals surface area contributed by atoms with E-state index in [1.807, 2.05) is 0 Å². The van der Waals surface area contributed by atoms with Gasteiger partial charge in [-0.2, -0.15) is 4.72 Å². The van der Waals surface area contributed by atoms with Crippen LogP contribution in [0.15, 0.2) is 23.4 Å². The van der Waals surface area contributed by atoms with E-state index in [0.29, 0.717) is 0 Å². The quantitative estimate of drug-likeness (QED) is 0.613. The first-order chi connectivity index (χ1) is 7.34. The monoisotopic (exact) mass is 244 g/mol. The van der Waals surface area contributed by atoms with Gasteiger partial charge in [0, 0.05) is 12.4 Å². The lowest BCUT2D eigenvalue weighted by Crippen LogP contribution is -2.42. The van der Waals surface area contributed by atoms with Crippen LogP contribution in [-0.4, -0.2) is 25.4 Å². The van der Waals surface area contributed by atoms with Gasteiger partial charge in [-0.05, 0) is 13.0 Å². The third kappa shape index (κ3) is 2.67. The van der Waals surface area contributed by atoms with Crippen molar-refractivity contribution in [3.8, 4) is 0 Å². The van der Waals surface area contributed by atoms with Crippen LogP contribution >= 0.6 is 0 Å². The van der Waals surface area contributed by atoms with Gasteiger partial charge in [0.1, 0.15) is 4.90 Å². The van der Waals surface area contributed by atoms with E-state index in [9.17, 15) is 13.2 Å². The number of hydrogen-bond donors (Lipinski definition) is 3. The second-order valence-corrected chi connectivity index (χ2v) is 4.84. The van der Waals surface area contributed by atoms with Crippen molar-refractivity contribution < 1.29 is 13.2 Å². The predicted octanol–water partition coefficient (Wildman–Crippen LogP) is -1.18. The maximum absolute atomic E-state index is 11.7. The second kappa shape index (κ2) is 4.45. The molecule has 0 spiro atoms. The molecule has 0 aliphatic rings. The normalized spacial score (nSPS) is 13.3. The second-order valence-electron chi connectivity index (χ2n) is 3.16. The largest absolute Gasteiger partial charge is 0.398 e.